The number of aromatic nitrogens is 2. The van der Waals surface area contributed by atoms with Crippen molar-refractivity contribution in [2.45, 2.75) is 13.5 Å². The number of aryl methyl sites for hydroxylation is 1. The average molecular weight is 290 g/mol. The fraction of sp³-hybridized carbons (Fsp3) is 0.133. The third kappa shape index (κ3) is 2.02. The van der Waals surface area contributed by atoms with Gasteiger partial charge < -0.3 is 10.3 Å². The zero-order valence-corrected chi connectivity index (χ0v) is 11.7. The Kier molecular flexibility index (Phi) is 3.10. The lowest BCUT2D eigenvalue weighted by atomic mass is 10.2. The number of benzene rings is 2. The van der Waals surface area contributed by atoms with Crippen molar-refractivity contribution in [3.05, 3.63) is 47.2 Å². The summed E-state index contributed by atoms with van der Waals surface area (Å²) in [5, 5.41) is 0.537. The molecule has 0 aliphatic rings. The van der Waals surface area contributed by atoms with Crippen LogP contribution in [0.2, 0.25) is 5.02 Å². The van der Waals surface area contributed by atoms with Crippen molar-refractivity contribution in [1.82, 2.24) is 9.55 Å². The van der Waals surface area contributed by atoms with E-state index >= 15 is 0 Å². The van der Waals surface area contributed by atoms with Gasteiger partial charge in [-0.1, -0.05) is 11.6 Å². The summed E-state index contributed by atoms with van der Waals surface area (Å²) in [5.41, 5.74) is 8.61. The number of imidazole rings is 1. The summed E-state index contributed by atoms with van der Waals surface area (Å²) in [7, 11) is 0. The Hall–Kier alpha value is -2.07. The Morgan fingerprint density at radius 1 is 1.25 bits per heavy atom. The highest BCUT2D eigenvalue weighted by molar-refractivity contribution is 6.33. The van der Waals surface area contributed by atoms with Gasteiger partial charge in [-0.2, -0.15) is 0 Å². The Bertz CT molecular complexity index is 795. The van der Waals surface area contributed by atoms with Gasteiger partial charge in [-0.05, 0) is 37.3 Å². The van der Waals surface area contributed by atoms with Crippen molar-refractivity contribution in [2.75, 3.05) is 5.73 Å². The lowest BCUT2D eigenvalue weighted by Gasteiger charge is -2.08. The van der Waals surface area contributed by atoms with Crippen LogP contribution in [0.5, 0.6) is 0 Å². The molecule has 2 N–H and O–H groups in total. The zero-order valence-electron chi connectivity index (χ0n) is 10.9. The second-order valence-corrected chi connectivity index (χ2v) is 4.96. The van der Waals surface area contributed by atoms with Gasteiger partial charge in [0.1, 0.15) is 11.6 Å². The smallest absolute Gasteiger partial charge is 0.142 e. The number of nitrogens with two attached hydrogens (primary N) is 1. The van der Waals surface area contributed by atoms with Crippen LogP contribution in [0.15, 0.2) is 36.4 Å². The highest BCUT2D eigenvalue weighted by atomic mass is 35.5. The van der Waals surface area contributed by atoms with Crippen molar-refractivity contribution in [1.29, 1.82) is 0 Å². The number of fused-ring (bicyclic) bond motifs is 1. The highest BCUT2D eigenvalue weighted by Crippen LogP contribution is 2.31. The van der Waals surface area contributed by atoms with Crippen LogP contribution in [-0.2, 0) is 6.54 Å². The number of rotatable bonds is 2. The number of hydrogen-bond donors (Lipinski definition) is 1. The van der Waals surface area contributed by atoms with Gasteiger partial charge in [-0.15, -0.1) is 0 Å². The summed E-state index contributed by atoms with van der Waals surface area (Å²) in [6, 6.07) is 9.90. The standard InChI is InChI=1S/C15H13ClFN3/c1-2-20-14-6-3-9(17)7-13(14)19-15(20)11-5-4-10(18)8-12(11)16/h3-8H,2,18H2,1H3. The number of anilines is 1. The van der Waals surface area contributed by atoms with Gasteiger partial charge in [0.15, 0.2) is 0 Å². The fourth-order valence-electron chi connectivity index (χ4n) is 2.34. The molecule has 3 nitrogen and oxygen atoms in total. The number of hydrogen-bond acceptors (Lipinski definition) is 2. The Morgan fingerprint density at radius 3 is 2.75 bits per heavy atom. The quantitative estimate of drug-likeness (QED) is 0.722. The summed E-state index contributed by atoms with van der Waals surface area (Å²) in [5.74, 6) is 0.423. The fourth-order valence-corrected chi connectivity index (χ4v) is 2.61. The average Bonchev–Trinajstić information content (AvgIpc) is 2.75. The van der Waals surface area contributed by atoms with Gasteiger partial charge in [0.25, 0.3) is 0 Å². The molecule has 0 saturated carbocycles. The first-order chi connectivity index (χ1) is 9.60. The number of nitrogen functional groups attached to an aromatic ring is 1. The molecule has 2 aromatic carbocycles. The van der Waals surface area contributed by atoms with Crippen LogP contribution in [0.3, 0.4) is 0 Å². The van der Waals surface area contributed by atoms with Gasteiger partial charge >= 0.3 is 0 Å². The molecule has 0 spiro atoms. The normalized spacial score (nSPS) is 11.2. The highest BCUT2D eigenvalue weighted by Gasteiger charge is 2.14. The van der Waals surface area contributed by atoms with E-state index in [9.17, 15) is 4.39 Å². The van der Waals surface area contributed by atoms with E-state index in [0.29, 0.717) is 16.2 Å². The maximum absolute atomic E-state index is 13.3. The minimum Gasteiger partial charge on any atom is -0.399 e. The third-order valence-electron chi connectivity index (χ3n) is 3.26. The van der Waals surface area contributed by atoms with E-state index in [1.54, 1.807) is 18.2 Å². The predicted octanol–water partition coefficient (Wildman–Crippen LogP) is 4.10. The van der Waals surface area contributed by atoms with E-state index in [1.165, 1.54) is 12.1 Å². The molecule has 5 heteroatoms. The monoisotopic (exact) mass is 289 g/mol. The molecule has 0 saturated heterocycles. The SMILES string of the molecule is CCn1c(-c2ccc(N)cc2Cl)nc2cc(F)ccc21. The van der Waals surface area contributed by atoms with Crippen molar-refractivity contribution in [3.63, 3.8) is 0 Å². The Labute approximate surface area is 120 Å². The van der Waals surface area contributed by atoms with E-state index in [4.69, 9.17) is 17.3 Å². The van der Waals surface area contributed by atoms with Gasteiger partial charge in [0.05, 0.1) is 16.1 Å². The van der Waals surface area contributed by atoms with E-state index in [-0.39, 0.29) is 5.82 Å². The Balaban J connectivity index is 2.30. The zero-order chi connectivity index (χ0) is 14.3. The Morgan fingerprint density at radius 2 is 2.05 bits per heavy atom. The second-order valence-electron chi connectivity index (χ2n) is 4.55. The first-order valence-corrected chi connectivity index (χ1v) is 6.69. The van der Waals surface area contributed by atoms with Gasteiger partial charge in [-0.3, -0.25) is 0 Å². The van der Waals surface area contributed by atoms with E-state index < -0.39 is 0 Å². The van der Waals surface area contributed by atoms with E-state index in [0.717, 1.165) is 23.4 Å². The van der Waals surface area contributed by atoms with Crippen LogP contribution in [0, 0.1) is 5.82 Å². The summed E-state index contributed by atoms with van der Waals surface area (Å²) in [6.07, 6.45) is 0. The summed E-state index contributed by atoms with van der Waals surface area (Å²) in [4.78, 5) is 4.50. The van der Waals surface area contributed by atoms with Crippen LogP contribution in [0.1, 0.15) is 6.92 Å². The van der Waals surface area contributed by atoms with Crippen molar-refractivity contribution < 1.29 is 4.39 Å². The molecule has 0 unspecified atom stereocenters. The maximum atomic E-state index is 13.3. The third-order valence-corrected chi connectivity index (χ3v) is 3.57. The minimum absolute atomic E-state index is 0.298. The van der Waals surface area contributed by atoms with Gasteiger partial charge in [-0.25, -0.2) is 9.37 Å². The molecule has 0 amide bonds. The number of halogens is 2. The molecule has 0 atom stereocenters. The minimum atomic E-state index is -0.298. The molecule has 0 bridgehead atoms. The summed E-state index contributed by atoms with van der Waals surface area (Å²) in [6.45, 7) is 2.73. The van der Waals surface area contributed by atoms with Gasteiger partial charge in [0.2, 0.25) is 0 Å². The molecule has 102 valence electrons. The second kappa shape index (κ2) is 4.80. The molecular formula is C15H13ClFN3. The van der Waals surface area contributed by atoms with Crippen LogP contribution >= 0.6 is 11.6 Å². The molecule has 0 radical (unpaired) electrons. The summed E-state index contributed by atoms with van der Waals surface area (Å²) < 4.78 is 15.3. The molecule has 0 aliphatic carbocycles. The predicted molar refractivity (Wildman–Crippen MR) is 80.2 cm³/mol. The van der Waals surface area contributed by atoms with Crippen LogP contribution in [-0.4, -0.2) is 9.55 Å². The van der Waals surface area contributed by atoms with Crippen LogP contribution in [0.4, 0.5) is 10.1 Å². The molecule has 1 aromatic heterocycles. The first kappa shape index (κ1) is 12.9. The largest absolute Gasteiger partial charge is 0.399 e. The molecule has 0 fully saturated rings. The van der Waals surface area contributed by atoms with E-state index in [2.05, 4.69) is 4.98 Å². The van der Waals surface area contributed by atoms with Crippen molar-refractivity contribution >= 4 is 28.3 Å². The van der Waals surface area contributed by atoms with Crippen LogP contribution in [0.25, 0.3) is 22.4 Å². The van der Waals surface area contributed by atoms with Gasteiger partial charge in [0, 0.05) is 23.9 Å². The summed E-state index contributed by atoms with van der Waals surface area (Å²) >= 11 is 6.24. The number of nitrogens with zero attached hydrogens (tertiary/aromatic N) is 2. The molecule has 20 heavy (non-hydrogen) atoms. The first-order valence-electron chi connectivity index (χ1n) is 6.31. The molecule has 1 heterocycles. The molecular weight excluding hydrogens is 277 g/mol. The molecule has 3 rings (SSSR count). The lowest BCUT2D eigenvalue weighted by Crippen LogP contribution is -1.98. The lowest BCUT2D eigenvalue weighted by molar-refractivity contribution is 0.629. The molecule has 0 aliphatic heterocycles. The van der Waals surface area contributed by atoms with Crippen LogP contribution < -0.4 is 5.73 Å². The maximum Gasteiger partial charge on any atom is 0.142 e. The molecule has 3 aromatic rings. The van der Waals surface area contributed by atoms with Crippen molar-refractivity contribution in [3.8, 4) is 11.4 Å². The van der Waals surface area contributed by atoms with E-state index in [1.807, 2.05) is 17.6 Å². The van der Waals surface area contributed by atoms with Crippen molar-refractivity contribution in [2.24, 2.45) is 0 Å². The topological polar surface area (TPSA) is 43.8 Å².